The van der Waals surface area contributed by atoms with Gasteiger partial charge in [-0.15, -0.1) is 0 Å². The van der Waals surface area contributed by atoms with Crippen molar-refractivity contribution in [3.8, 4) is 33.4 Å². The second-order valence-electron chi connectivity index (χ2n) is 12.7. The van der Waals surface area contributed by atoms with Crippen LogP contribution in [0.2, 0.25) is 0 Å². The molecule has 5 nitrogen and oxygen atoms in total. The van der Waals surface area contributed by atoms with Crippen LogP contribution in [0.4, 0.5) is 5.69 Å². The van der Waals surface area contributed by atoms with E-state index in [-0.39, 0.29) is 0 Å². The van der Waals surface area contributed by atoms with Crippen LogP contribution >= 0.6 is 0 Å². The van der Waals surface area contributed by atoms with E-state index in [1.807, 2.05) is 42.1 Å². The fraction of sp³-hybridized carbons (Fsp3) is 0. The third-order valence-corrected chi connectivity index (χ3v) is 9.58. The Hall–Kier alpha value is -6.82. The molecule has 0 aliphatic heterocycles. The molecule has 6 aromatic carbocycles. The van der Waals surface area contributed by atoms with Crippen LogP contribution in [0, 0.1) is 5.41 Å². The summed E-state index contributed by atoms with van der Waals surface area (Å²) in [6, 6.07) is 50.6. The van der Waals surface area contributed by atoms with Gasteiger partial charge in [-0.3, -0.25) is 15.4 Å². The lowest BCUT2D eigenvalue weighted by Crippen LogP contribution is -2.72. The number of aromatic nitrogens is 2. The van der Waals surface area contributed by atoms with Gasteiger partial charge >= 0.3 is 0 Å². The van der Waals surface area contributed by atoms with Gasteiger partial charge in [0.25, 0.3) is 0 Å². The number of nitrogens with one attached hydrogen (secondary N) is 1. The lowest BCUT2D eigenvalue weighted by Gasteiger charge is -2.23. The van der Waals surface area contributed by atoms with E-state index >= 15 is 0 Å². The molecule has 9 rings (SSSR count). The predicted octanol–water partition coefficient (Wildman–Crippen LogP) is 9.85. The third-order valence-electron chi connectivity index (χ3n) is 9.58. The summed E-state index contributed by atoms with van der Waals surface area (Å²) >= 11 is 0. The second kappa shape index (κ2) is 12.9. The highest BCUT2D eigenvalue weighted by Crippen LogP contribution is 2.44. The molecule has 1 aliphatic carbocycles. The zero-order valence-corrected chi connectivity index (χ0v) is 27.7. The van der Waals surface area contributed by atoms with E-state index in [0.29, 0.717) is 11.4 Å². The van der Waals surface area contributed by atoms with Gasteiger partial charge in [-0.1, -0.05) is 120 Å². The van der Waals surface area contributed by atoms with Crippen molar-refractivity contribution in [1.82, 2.24) is 9.97 Å². The summed E-state index contributed by atoms with van der Waals surface area (Å²) < 4.78 is 0. The van der Waals surface area contributed by atoms with Gasteiger partial charge < -0.3 is 0 Å². The van der Waals surface area contributed by atoms with Crippen LogP contribution in [0.5, 0.6) is 0 Å². The zero-order valence-electron chi connectivity index (χ0n) is 27.7. The molecule has 0 radical (unpaired) electrons. The van der Waals surface area contributed by atoms with Gasteiger partial charge in [0.15, 0.2) is 5.69 Å². The highest BCUT2D eigenvalue weighted by molar-refractivity contribution is 6.54. The topological polar surface area (TPSA) is 78.6 Å². The molecule has 8 aromatic rings. The number of pyridine rings is 2. The lowest BCUT2D eigenvalue weighted by atomic mass is 9.79. The minimum atomic E-state index is 0.399. The van der Waals surface area contributed by atoms with E-state index in [1.54, 1.807) is 12.4 Å². The predicted molar refractivity (Wildman–Crippen MR) is 209 cm³/mol. The molecule has 0 saturated heterocycles. The molecule has 5 heteroatoms. The number of nitrogens with zero attached hydrogens (tertiary/aromatic N) is 3. The summed E-state index contributed by atoms with van der Waals surface area (Å²) in [5.74, 6) is 0. The van der Waals surface area contributed by atoms with Gasteiger partial charge in [-0.25, -0.2) is 0 Å². The van der Waals surface area contributed by atoms with Gasteiger partial charge in [0.05, 0.1) is 5.71 Å². The number of quaternary nitrogens is 1. The number of hydrogen-bond donors (Lipinski definition) is 2. The molecule has 0 spiro atoms. The Morgan fingerprint density at radius 2 is 0.980 bits per heavy atom. The number of rotatable bonds is 6. The Morgan fingerprint density at radius 1 is 0.471 bits per heavy atom. The molecule has 0 amide bonds. The quantitative estimate of drug-likeness (QED) is 0.0810. The van der Waals surface area contributed by atoms with Crippen molar-refractivity contribution >= 4 is 44.2 Å². The Labute approximate surface area is 295 Å². The van der Waals surface area contributed by atoms with Crippen molar-refractivity contribution in [2.24, 2.45) is 5.10 Å². The number of nitrogens with two attached hydrogens (primary N) is 1. The van der Waals surface area contributed by atoms with Crippen LogP contribution < -0.4 is 5.43 Å². The summed E-state index contributed by atoms with van der Waals surface area (Å²) in [6.45, 7) is 0. The molecule has 2 aromatic heterocycles. The lowest BCUT2D eigenvalue weighted by molar-refractivity contribution is -0.577. The standard InChI is InChI=1S/C46H31N5/c47-46-41-21-9-4-16-36(41)42(45-39-19-7-5-17-37(39)44(30-12-2-1-3-13-30)38-18-6-8-20-40(38)45)27-43(46)51-50-35-25-33(31-14-10-22-48-28-31)24-34(26-35)32-15-11-23-49-29-32/h1-29,47,50H/p+1. The Kier molecular flexibility index (Phi) is 7.65. The van der Waals surface area contributed by atoms with Crippen molar-refractivity contribution in [2.75, 3.05) is 0 Å². The second-order valence-corrected chi connectivity index (χ2v) is 12.7. The van der Waals surface area contributed by atoms with Crippen LogP contribution in [0.1, 0.15) is 16.7 Å². The highest BCUT2D eigenvalue weighted by atomic mass is 15.3. The van der Waals surface area contributed by atoms with E-state index in [4.69, 9.17) is 5.10 Å². The summed E-state index contributed by atoms with van der Waals surface area (Å²) in [7, 11) is 0. The smallest absolute Gasteiger partial charge is 0.157 e. The molecule has 1 aliphatic rings. The first-order valence-corrected chi connectivity index (χ1v) is 17.0. The fourth-order valence-corrected chi connectivity index (χ4v) is 7.27. The highest BCUT2D eigenvalue weighted by Gasteiger charge is 2.27. The van der Waals surface area contributed by atoms with Crippen molar-refractivity contribution in [2.45, 2.75) is 0 Å². The molecule has 0 bridgehead atoms. The van der Waals surface area contributed by atoms with Crippen molar-refractivity contribution in [3.05, 3.63) is 193 Å². The van der Waals surface area contributed by atoms with Crippen LogP contribution in [-0.2, 0) is 0 Å². The van der Waals surface area contributed by atoms with Crippen LogP contribution in [-0.4, -0.2) is 21.4 Å². The largest absolute Gasteiger partial charge is 0.298 e. The van der Waals surface area contributed by atoms with E-state index < -0.39 is 0 Å². The molecular formula is C46H32N5+. The molecule has 3 N–H and O–H groups in total. The van der Waals surface area contributed by atoms with Gasteiger partial charge in [0.2, 0.25) is 0 Å². The van der Waals surface area contributed by atoms with E-state index in [1.165, 1.54) is 21.9 Å². The number of fused-ring (bicyclic) bond motifs is 3. The number of allylic oxidation sites excluding steroid dienone is 1. The molecule has 51 heavy (non-hydrogen) atoms. The SMILES string of the molecule is N=C1C(=N[NH2+]c2cc(-c3cccnc3)cc(-c3cccnc3)c2)C=C(c2c3ccccc3c(-c3ccccc3)c3ccccc23)c2ccccc21. The maximum atomic E-state index is 9.36. The van der Waals surface area contributed by atoms with E-state index in [2.05, 4.69) is 137 Å². The molecule has 0 unspecified atom stereocenters. The Morgan fingerprint density at radius 3 is 1.55 bits per heavy atom. The number of benzene rings is 6. The first kappa shape index (κ1) is 30.3. The number of hydrogen-bond acceptors (Lipinski definition) is 4. The van der Waals surface area contributed by atoms with E-state index in [9.17, 15) is 5.41 Å². The monoisotopic (exact) mass is 654 g/mol. The maximum absolute atomic E-state index is 9.36. The van der Waals surface area contributed by atoms with Gasteiger partial charge in [-0.2, -0.15) is 5.43 Å². The minimum absolute atomic E-state index is 0.399. The Bertz CT molecular complexity index is 2550. The van der Waals surface area contributed by atoms with Gasteiger partial charge in [0.1, 0.15) is 5.71 Å². The van der Waals surface area contributed by atoms with Crippen LogP contribution in [0.3, 0.4) is 0 Å². The minimum Gasteiger partial charge on any atom is -0.298 e. The van der Waals surface area contributed by atoms with Gasteiger partial charge in [-0.05, 0) is 84.8 Å². The zero-order chi connectivity index (χ0) is 34.1. The molecule has 0 saturated carbocycles. The summed E-state index contributed by atoms with van der Waals surface area (Å²) in [5.41, 5.74) is 14.4. The third kappa shape index (κ3) is 5.52. The van der Waals surface area contributed by atoms with Gasteiger partial charge in [0, 0.05) is 53.6 Å². The van der Waals surface area contributed by atoms with Crippen molar-refractivity contribution < 1.29 is 5.43 Å². The normalized spacial score (nSPS) is 13.4. The average molecular weight is 655 g/mol. The first-order valence-electron chi connectivity index (χ1n) is 17.0. The van der Waals surface area contributed by atoms with E-state index in [0.717, 1.165) is 61.0 Å². The molecule has 0 fully saturated rings. The average Bonchev–Trinajstić information content (AvgIpc) is 3.21. The molecule has 240 valence electrons. The molecular weight excluding hydrogens is 623 g/mol. The molecule has 0 atom stereocenters. The summed E-state index contributed by atoms with van der Waals surface area (Å²) in [5, 5.41) is 19.1. The maximum Gasteiger partial charge on any atom is 0.157 e. The van der Waals surface area contributed by atoms with Crippen molar-refractivity contribution in [1.29, 1.82) is 5.41 Å². The Balaban J connectivity index is 1.23. The summed E-state index contributed by atoms with van der Waals surface area (Å²) in [6.07, 6.45) is 9.42. The molecule has 2 heterocycles. The fourth-order valence-electron chi connectivity index (χ4n) is 7.27. The first-order chi connectivity index (χ1) is 25.2. The van der Waals surface area contributed by atoms with Crippen molar-refractivity contribution in [3.63, 3.8) is 0 Å². The van der Waals surface area contributed by atoms with Crippen LogP contribution in [0.25, 0.3) is 60.5 Å². The summed E-state index contributed by atoms with van der Waals surface area (Å²) in [4.78, 5) is 8.72. The van der Waals surface area contributed by atoms with Crippen LogP contribution in [0.15, 0.2) is 182 Å².